The van der Waals surface area contributed by atoms with E-state index in [1.54, 1.807) is 12.0 Å². The Balaban J connectivity index is 2.34. The van der Waals surface area contributed by atoms with Crippen LogP contribution in [-0.2, 0) is 19.1 Å². The van der Waals surface area contributed by atoms with Crippen molar-refractivity contribution in [3.8, 4) is 0 Å². The van der Waals surface area contributed by atoms with Crippen LogP contribution in [0, 0.1) is 6.92 Å². The van der Waals surface area contributed by atoms with Crippen LogP contribution in [0.25, 0.3) is 0 Å². The van der Waals surface area contributed by atoms with Crippen LogP contribution in [0.1, 0.15) is 83.1 Å². The molecular weight excluding hydrogens is 430 g/mol. The summed E-state index contributed by atoms with van der Waals surface area (Å²) in [6.45, 7) is 5.02. The third-order valence-corrected chi connectivity index (χ3v) is 5.74. The van der Waals surface area contributed by atoms with Gasteiger partial charge in [-0.15, -0.1) is 0 Å². The molecule has 0 aromatic heterocycles. The average molecular weight is 476 g/mol. The number of aryl methyl sites for hydroxylation is 1. The van der Waals surface area contributed by atoms with Crippen molar-refractivity contribution in [3.63, 3.8) is 0 Å². The van der Waals surface area contributed by atoms with Crippen LogP contribution in [0.2, 0.25) is 0 Å². The Morgan fingerprint density at radius 2 is 1.47 bits per heavy atom. The van der Waals surface area contributed by atoms with Crippen molar-refractivity contribution < 1.29 is 19.1 Å². The molecule has 0 aliphatic carbocycles. The van der Waals surface area contributed by atoms with Gasteiger partial charge in [-0.05, 0) is 31.9 Å². The molecule has 7 heteroatoms. The number of hydrogen-bond acceptors (Lipinski definition) is 4. The molecule has 1 aromatic carbocycles. The first-order valence-corrected chi connectivity index (χ1v) is 12.9. The van der Waals surface area contributed by atoms with Gasteiger partial charge in [-0.2, -0.15) is 0 Å². The zero-order chi connectivity index (χ0) is 25.0. The minimum Gasteiger partial charge on any atom is -0.385 e. The Morgan fingerprint density at radius 1 is 0.853 bits per heavy atom. The highest BCUT2D eigenvalue weighted by Crippen LogP contribution is 2.12. The molecule has 34 heavy (non-hydrogen) atoms. The van der Waals surface area contributed by atoms with E-state index in [0.29, 0.717) is 31.7 Å². The van der Waals surface area contributed by atoms with Gasteiger partial charge >= 0.3 is 0 Å². The summed E-state index contributed by atoms with van der Waals surface area (Å²) in [5, 5.41) is 5.37. The lowest BCUT2D eigenvalue weighted by molar-refractivity contribution is -0.136. The van der Waals surface area contributed by atoms with Crippen LogP contribution in [0.15, 0.2) is 24.3 Å². The molecule has 0 aliphatic rings. The summed E-state index contributed by atoms with van der Waals surface area (Å²) < 4.78 is 5.09. The molecule has 3 amide bonds. The van der Waals surface area contributed by atoms with Crippen LogP contribution in [0.4, 0.5) is 5.69 Å². The molecule has 0 saturated carbocycles. The van der Waals surface area contributed by atoms with Crippen LogP contribution < -0.4 is 10.6 Å². The van der Waals surface area contributed by atoms with E-state index in [1.165, 1.54) is 38.5 Å². The van der Waals surface area contributed by atoms with Crippen LogP contribution in [0.5, 0.6) is 0 Å². The molecule has 7 nitrogen and oxygen atoms in total. The van der Waals surface area contributed by atoms with Crippen molar-refractivity contribution in [1.82, 2.24) is 10.2 Å². The van der Waals surface area contributed by atoms with Crippen LogP contribution >= 0.6 is 0 Å². The number of anilines is 1. The lowest BCUT2D eigenvalue weighted by Crippen LogP contribution is -2.43. The van der Waals surface area contributed by atoms with Gasteiger partial charge in [0.25, 0.3) is 0 Å². The Labute approximate surface area is 206 Å². The number of unbranched alkanes of at least 4 members (excludes halogenated alkanes) is 8. The fourth-order valence-corrected chi connectivity index (χ4v) is 3.69. The highest BCUT2D eigenvalue weighted by atomic mass is 16.5. The number of amides is 3. The second-order valence-electron chi connectivity index (χ2n) is 8.93. The smallest absolute Gasteiger partial charge is 0.243 e. The summed E-state index contributed by atoms with van der Waals surface area (Å²) in [7, 11) is 1.62. The van der Waals surface area contributed by atoms with Crippen LogP contribution in [0.3, 0.4) is 0 Å². The lowest BCUT2D eigenvalue weighted by Gasteiger charge is -2.22. The van der Waals surface area contributed by atoms with Crippen molar-refractivity contribution >= 4 is 23.4 Å². The van der Waals surface area contributed by atoms with E-state index >= 15 is 0 Å². The predicted octanol–water partition coefficient (Wildman–Crippen LogP) is 4.84. The first-order chi connectivity index (χ1) is 16.5. The number of carbonyl (C=O) groups is 3. The van der Waals surface area contributed by atoms with Gasteiger partial charge in [0.1, 0.15) is 0 Å². The molecule has 1 aromatic rings. The minimum absolute atomic E-state index is 0.0155. The average Bonchev–Trinajstić information content (AvgIpc) is 2.82. The molecule has 0 aliphatic heterocycles. The Kier molecular flexibility index (Phi) is 16.5. The topological polar surface area (TPSA) is 87.7 Å². The van der Waals surface area contributed by atoms with E-state index in [2.05, 4.69) is 17.6 Å². The van der Waals surface area contributed by atoms with Gasteiger partial charge < -0.3 is 20.3 Å². The normalized spacial score (nSPS) is 10.7. The summed E-state index contributed by atoms with van der Waals surface area (Å²) >= 11 is 0. The van der Waals surface area contributed by atoms with E-state index in [4.69, 9.17) is 4.74 Å². The quantitative estimate of drug-likeness (QED) is 0.280. The predicted molar refractivity (Wildman–Crippen MR) is 138 cm³/mol. The van der Waals surface area contributed by atoms with E-state index < -0.39 is 0 Å². The highest BCUT2D eigenvalue weighted by Gasteiger charge is 2.17. The zero-order valence-electron chi connectivity index (χ0n) is 21.5. The van der Waals surface area contributed by atoms with E-state index in [-0.39, 0.29) is 30.8 Å². The van der Waals surface area contributed by atoms with E-state index in [1.807, 2.05) is 31.2 Å². The third-order valence-electron chi connectivity index (χ3n) is 5.74. The van der Waals surface area contributed by atoms with Gasteiger partial charge in [-0.1, -0.05) is 76.0 Å². The number of ether oxygens (including phenoxy) is 1. The van der Waals surface area contributed by atoms with Crippen molar-refractivity contribution in [2.24, 2.45) is 0 Å². The molecule has 192 valence electrons. The maximum Gasteiger partial charge on any atom is 0.243 e. The van der Waals surface area contributed by atoms with Crippen molar-refractivity contribution in [3.05, 3.63) is 29.8 Å². The molecule has 1 rings (SSSR count). The fraction of sp³-hybridized carbons (Fsp3) is 0.667. The monoisotopic (exact) mass is 475 g/mol. The lowest BCUT2D eigenvalue weighted by atomic mass is 10.1. The number of nitrogens with zero attached hydrogens (tertiary/aromatic N) is 1. The number of carbonyl (C=O) groups excluding carboxylic acids is 3. The summed E-state index contributed by atoms with van der Waals surface area (Å²) in [6.07, 6.45) is 11.9. The van der Waals surface area contributed by atoms with Crippen LogP contribution in [-0.4, -0.2) is 56.0 Å². The number of nitrogens with one attached hydrogen (secondary N) is 2. The molecule has 0 atom stereocenters. The maximum atomic E-state index is 12.7. The fourth-order valence-electron chi connectivity index (χ4n) is 3.69. The first-order valence-electron chi connectivity index (χ1n) is 12.9. The largest absolute Gasteiger partial charge is 0.385 e. The van der Waals surface area contributed by atoms with Crippen molar-refractivity contribution in [2.75, 3.05) is 38.7 Å². The summed E-state index contributed by atoms with van der Waals surface area (Å²) in [4.78, 5) is 38.8. The number of rotatable bonds is 19. The summed E-state index contributed by atoms with van der Waals surface area (Å²) in [5.74, 6) is -0.653. The number of methoxy groups -OCH3 is 1. The van der Waals surface area contributed by atoms with Gasteiger partial charge in [0.15, 0.2) is 0 Å². The van der Waals surface area contributed by atoms with E-state index in [9.17, 15) is 14.4 Å². The zero-order valence-corrected chi connectivity index (χ0v) is 21.5. The molecule has 0 radical (unpaired) electrons. The number of benzene rings is 1. The molecular formula is C27H45N3O4. The SMILES string of the molecule is CCCCCCCCCCCC(=O)N(CCCOC)CC(=O)NCC(=O)Nc1ccc(C)cc1. The molecule has 2 N–H and O–H groups in total. The summed E-state index contributed by atoms with van der Waals surface area (Å²) in [5.41, 5.74) is 1.79. The molecule has 0 heterocycles. The number of hydrogen-bond donors (Lipinski definition) is 2. The first kappa shape index (κ1) is 29.6. The highest BCUT2D eigenvalue weighted by molar-refractivity contribution is 5.95. The molecule has 0 fully saturated rings. The standard InChI is InChI=1S/C27H45N3O4/c1-4-5-6-7-8-9-10-11-12-14-27(33)30(19-13-20-34-3)22-26(32)28-21-25(31)29-24-17-15-23(2)16-18-24/h15-18H,4-14,19-22H2,1-3H3,(H,28,32)(H,29,31). The van der Waals surface area contributed by atoms with Gasteiger partial charge in [-0.25, -0.2) is 0 Å². The van der Waals surface area contributed by atoms with Crippen molar-refractivity contribution in [1.29, 1.82) is 0 Å². The van der Waals surface area contributed by atoms with Crippen molar-refractivity contribution in [2.45, 2.75) is 84.5 Å². The second-order valence-corrected chi connectivity index (χ2v) is 8.93. The van der Waals surface area contributed by atoms with Gasteiger partial charge in [0.05, 0.1) is 13.1 Å². The Bertz CT molecular complexity index is 706. The maximum absolute atomic E-state index is 12.7. The van der Waals surface area contributed by atoms with Gasteiger partial charge in [-0.3, -0.25) is 14.4 Å². The molecule has 0 bridgehead atoms. The third kappa shape index (κ3) is 14.7. The minimum atomic E-state index is -0.336. The Hall–Kier alpha value is -2.41. The van der Waals surface area contributed by atoms with Gasteiger partial charge in [0.2, 0.25) is 17.7 Å². The summed E-state index contributed by atoms with van der Waals surface area (Å²) in [6, 6.07) is 7.45. The molecule has 0 spiro atoms. The molecule has 0 unspecified atom stereocenters. The van der Waals surface area contributed by atoms with Gasteiger partial charge in [0, 0.05) is 32.4 Å². The molecule has 0 saturated heterocycles. The van der Waals surface area contributed by atoms with E-state index in [0.717, 1.165) is 24.8 Å². The Morgan fingerprint density at radius 3 is 2.09 bits per heavy atom. The second kappa shape index (κ2) is 19.0.